The van der Waals surface area contributed by atoms with Crippen LogP contribution in [0.3, 0.4) is 0 Å². The van der Waals surface area contributed by atoms with Crippen LogP contribution >= 0.6 is 11.3 Å². The number of carbonyl (C=O) groups excluding carboxylic acids is 1. The molecule has 0 fully saturated rings. The molecule has 0 aliphatic carbocycles. The van der Waals surface area contributed by atoms with E-state index in [0.717, 1.165) is 10.2 Å². The van der Waals surface area contributed by atoms with Gasteiger partial charge in [0.1, 0.15) is 5.69 Å². The zero-order valence-electron chi connectivity index (χ0n) is 13.4. The lowest BCUT2D eigenvalue weighted by Crippen LogP contribution is -2.18. The maximum Gasteiger partial charge on any atom is 0.297 e. The van der Waals surface area contributed by atoms with Crippen LogP contribution in [0.4, 0.5) is 0 Å². The first kappa shape index (κ1) is 15.5. The Morgan fingerprint density at radius 1 is 1.44 bits per heavy atom. The van der Waals surface area contributed by atoms with E-state index in [1.807, 2.05) is 23.6 Å². The number of aromatic nitrogens is 3. The van der Waals surface area contributed by atoms with Crippen molar-refractivity contribution in [2.45, 2.75) is 20.0 Å². The number of fused-ring (bicyclic) bond motifs is 2. The normalized spacial score (nSPS) is 13.4. The molecule has 2 aromatic heterocycles. The minimum Gasteiger partial charge on any atom is -0.454 e. The Hall–Kier alpha value is -3.05. The molecule has 1 amide bonds. The topological polar surface area (TPSA) is 70.6 Å². The maximum absolute atomic E-state index is 12.6. The molecule has 126 valence electrons. The van der Waals surface area contributed by atoms with Crippen LogP contribution in [-0.4, -0.2) is 27.0 Å². The summed E-state index contributed by atoms with van der Waals surface area (Å²) >= 11 is 1.38. The second kappa shape index (κ2) is 6.11. The smallest absolute Gasteiger partial charge is 0.297 e. The molecule has 0 saturated heterocycles. The minimum absolute atomic E-state index is 0.207. The first-order valence-electron chi connectivity index (χ1n) is 7.68. The predicted molar refractivity (Wildman–Crippen MR) is 92.6 cm³/mol. The van der Waals surface area contributed by atoms with Crippen molar-refractivity contribution in [1.29, 1.82) is 0 Å². The largest absolute Gasteiger partial charge is 0.454 e. The molecule has 0 bridgehead atoms. The SMILES string of the molecule is C#CCn1c(=NC(=O)c2ccnn2CC)sc2cc3c(cc21)OCO3. The summed E-state index contributed by atoms with van der Waals surface area (Å²) in [6.07, 6.45) is 7.09. The van der Waals surface area contributed by atoms with Gasteiger partial charge in [-0.05, 0) is 13.0 Å². The molecule has 8 heteroatoms. The number of amides is 1. The van der Waals surface area contributed by atoms with Crippen molar-refractivity contribution < 1.29 is 14.3 Å². The molecule has 3 heterocycles. The monoisotopic (exact) mass is 354 g/mol. The van der Waals surface area contributed by atoms with Crippen LogP contribution in [0.15, 0.2) is 29.4 Å². The first-order valence-corrected chi connectivity index (χ1v) is 8.50. The summed E-state index contributed by atoms with van der Waals surface area (Å²) < 4.78 is 15.2. The number of rotatable bonds is 3. The van der Waals surface area contributed by atoms with Gasteiger partial charge >= 0.3 is 0 Å². The zero-order chi connectivity index (χ0) is 17.4. The Morgan fingerprint density at radius 2 is 2.24 bits per heavy atom. The molecular formula is C17H14N4O3S. The van der Waals surface area contributed by atoms with Gasteiger partial charge in [-0.1, -0.05) is 17.3 Å². The van der Waals surface area contributed by atoms with E-state index in [4.69, 9.17) is 15.9 Å². The number of hydrogen-bond acceptors (Lipinski definition) is 5. The van der Waals surface area contributed by atoms with Crippen LogP contribution in [0.2, 0.25) is 0 Å². The summed E-state index contributed by atoms with van der Waals surface area (Å²) in [5.41, 5.74) is 1.31. The summed E-state index contributed by atoms with van der Waals surface area (Å²) in [6.45, 7) is 3.03. The van der Waals surface area contributed by atoms with Crippen molar-refractivity contribution in [3.63, 3.8) is 0 Å². The molecule has 7 nitrogen and oxygen atoms in total. The molecule has 0 N–H and O–H groups in total. The number of thiazole rings is 1. The first-order chi connectivity index (χ1) is 12.2. The Bertz CT molecular complexity index is 1080. The fraction of sp³-hybridized carbons (Fsp3) is 0.235. The van der Waals surface area contributed by atoms with Crippen molar-refractivity contribution in [2.24, 2.45) is 4.99 Å². The summed E-state index contributed by atoms with van der Waals surface area (Å²) in [5, 5.41) is 4.11. The van der Waals surface area contributed by atoms with Gasteiger partial charge in [0.05, 0.1) is 16.8 Å². The van der Waals surface area contributed by atoms with Crippen molar-refractivity contribution in [2.75, 3.05) is 6.79 Å². The molecule has 0 spiro atoms. The second-order valence-corrected chi connectivity index (χ2v) is 6.31. The molecule has 25 heavy (non-hydrogen) atoms. The standard InChI is InChI=1S/C17H14N4O3S/c1-3-7-20-12-8-13-14(24-10-23-13)9-15(12)25-17(20)19-16(22)11-5-6-18-21(11)4-2/h1,5-6,8-9H,4,7,10H2,2H3. The molecule has 1 aliphatic heterocycles. The molecule has 0 saturated carbocycles. The van der Waals surface area contributed by atoms with Gasteiger partial charge in [-0.25, -0.2) is 0 Å². The molecule has 0 unspecified atom stereocenters. The molecule has 3 aromatic rings. The molecule has 1 aliphatic rings. The Morgan fingerprint density at radius 3 is 3.00 bits per heavy atom. The lowest BCUT2D eigenvalue weighted by Gasteiger charge is -2.02. The lowest BCUT2D eigenvalue weighted by atomic mass is 10.3. The van der Waals surface area contributed by atoms with E-state index in [9.17, 15) is 4.79 Å². The second-order valence-electron chi connectivity index (χ2n) is 5.30. The van der Waals surface area contributed by atoms with Crippen molar-refractivity contribution in [1.82, 2.24) is 14.3 Å². The van der Waals surface area contributed by atoms with Crippen LogP contribution < -0.4 is 14.3 Å². The van der Waals surface area contributed by atoms with E-state index < -0.39 is 0 Å². The van der Waals surface area contributed by atoms with Gasteiger partial charge in [-0.2, -0.15) is 10.1 Å². The highest BCUT2D eigenvalue weighted by Crippen LogP contribution is 2.36. The van der Waals surface area contributed by atoms with E-state index >= 15 is 0 Å². The average molecular weight is 354 g/mol. The van der Waals surface area contributed by atoms with Crippen molar-refractivity contribution >= 4 is 27.5 Å². The molecular weight excluding hydrogens is 340 g/mol. The number of benzene rings is 1. The average Bonchev–Trinajstić information content (AvgIpc) is 3.32. The van der Waals surface area contributed by atoms with E-state index in [1.165, 1.54) is 11.3 Å². The van der Waals surface area contributed by atoms with Gasteiger partial charge in [-0.15, -0.1) is 6.42 Å². The Balaban J connectivity index is 1.87. The fourth-order valence-corrected chi connectivity index (χ4v) is 3.74. The molecule has 0 radical (unpaired) electrons. The van der Waals surface area contributed by atoms with Crippen LogP contribution in [0, 0.1) is 12.3 Å². The number of ether oxygens (including phenoxy) is 2. The van der Waals surface area contributed by atoms with Crippen LogP contribution in [0.25, 0.3) is 10.2 Å². The van der Waals surface area contributed by atoms with Crippen LogP contribution in [-0.2, 0) is 13.1 Å². The van der Waals surface area contributed by atoms with Gasteiger partial charge in [0.2, 0.25) is 6.79 Å². The lowest BCUT2D eigenvalue weighted by molar-refractivity contribution is 0.0987. The molecule has 4 rings (SSSR count). The van der Waals surface area contributed by atoms with Gasteiger partial charge in [0.25, 0.3) is 5.91 Å². The highest BCUT2D eigenvalue weighted by molar-refractivity contribution is 7.16. The third-order valence-electron chi connectivity index (χ3n) is 3.86. The van der Waals surface area contributed by atoms with Gasteiger partial charge in [-0.3, -0.25) is 9.48 Å². The maximum atomic E-state index is 12.6. The van der Waals surface area contributed by atoms with Crippen molar-refractivity contribution in [3.05, 3.63) is 34.9 Å². The van der Waals surface area contributed by atoms with Crippen molar-refractivity contribution in [3.8, 4) is 23.8 Å². The van der Waals surface area contributed by atoms with Gasteiger partial charge in [0.15, 0.2) is 16.3 Å². The number of hydrogen-bond donors (Lipinski definition) is 0. The summed E-state index contributed by atoms with van der Waals surface area (Å²) in [5.74, 6) is 3.61. The predicted octanol–water partition coefficient (Wildman–Crippen LogP) is 2.02. The third kappa shape index (κ3) is 2.58. The number of terminal acetylenes is 1. The minimum atomic E-state index is -0.350. The van der Waals surface area contributed by atoms with E-state index in [0.29, 0.717) is 35.1 Å². The quantitative estimate of drug-likeness (QED) is 0.675. The fourth-order valence-electron chi connectivity index (χ4n) is 2.70. The molecule has 1 aromatic carbocycles. The van der Waals surface area contributed by atoms with Gasteiger partial charge in [0, 0.05) is 24.9 Å². The number of aryl methyl sites for hydroxylation is 1. The van der Waals surface area contributed by atoms with Crippen LogP contribution in [0.1, 0.15) is 17.4 Å². The summed E-state index contributed by atoms with van der Waals surface area (Å²) in [4.78, 5) is 17.4. The van der Waals surface area contributed by atoms with Gasteiger partial charge < -0.3 is 14.0 Å². The Labute approximate surface area is 147 Å². The number of carbonyl (C=O) groups is 1. The van der Waals surface area contributed by atoms with E-state index in [-0.39, 0.29) is 12.7 Å². The van der Waals surface area contributed by atoms with E-state index in [1.54, 1.807) is 16.9 Å². The van der Waals surface area contributed by atoms with Crippen LogP contribution in [0.5, 0.6) is 11.5 Å². The molecule has 0 atom stereocenters. The summed E-state index contributed by atoms with van der Waals surface area (Å²) in [7, 11) is 0. The zero-order valence-corrected chi connectivity index (χ0v) is 14.2. The van der Waals surface area contributed by atoms with E-state index in [2.05, 4.69) is 16.0 Å². The summed E-state index contributed by atoms with van der Waals surface area (Å²) in [6, 6.07) is 5.41. The Kier molecular flexibility index (Phi) is 3.78. The highest BCUT2D eigenvalue weighted by atomic mass is 32.1. The third-order valence-corrected chi connectivity index (χ3v) is 4.90. The number of nitrogens with zero attached hydrogens (tertiary/aromatic N) is 4. The highest BCUT2D eigenvalue weighted by Gasteiger charge is 2.18.